The van der Waals surface area contributed by atoms with Crippen LogP contribution in [0.25, 0.3) is 0 Å². The standard InChI is InChI=1S/C12H14FNO/c1-14-7-6-12(11(8-14)15-12)9-2-4-10(13)5-3-9/h2-5,11H,6-8H2,1H3. The normalized spacial score (nSPS) is 34.9. The number of likely N-dealkylation sites (N-methyl/N-ethyl adjacent to an activating group) is 1. The number of nitrogens with zero attached hydrogens (tertiary/aromatic N) is 1. The number of hydrogen-bond acceptors (Lipinski definition) is 2. The van der Waals surface area contributed by atoms with Crippen LogP contribution in [0.5, 0.6) is 0 Å². The van der Waals surface area contributed by atoms with Crippen LogP contribution in [-0.2, 0) is 10.3 Å². The SMILES string of the molecule is CN1CCC2(c3ccc(F)cc3)OC2C1. The van der Waals surface area contributed by atoms with E-state index in [1.807, 2.05) is 12.1 Å². The molecule has 3 rings (SSSR count). The molecule has 0 radical (unpaired) electrons. The van der Waals surface area contributed by atoms with Crippen molar-refractivity contribution in [2.24, 2.45) is 0 Å². The van der Waals surface area contributed by atoms with Gasteiger partial charge in [-0.25, -0.2) is 4.39 Å². The van der Waals surface area contributed by atoms with Crippen molar-refractivity contribution in [2.75, 3.05) is 20.1 Å². The van der Waals surface area contributed by atoms with Gasteiger partial charge in [0, 0.05) is 13.1 Å². The summed E-state index contributed by atoms with van der Waals surface area (Å²) in [5.41, 5.74) is 1.03. The molecule has 2 fully saturated rings. The molecule has 2 heterocycles. The highest BCUT2D eigenvalue weighted by Crippen LogP contribution is 2.51. The Bertz CT molecular complexity index is 378. The van der Waals surface area contributed by atoms with E-state index in [1.54, 1.807) is 0 Å². The molecule has 3 heteroatoms. The minimum atomic E-state index is -0.180. The smallest absolute Gasteiger partial charge is 0.123 e. The Morgan fingerprint density at radius 2 is 2.13 bits per heavy atom. The number of rotatable bonds is 1. The second kappa shape index (κ2) is 3.03. The molecule has 2 nitrogen and oxygen atoms in total. The quantitative estimate of drug-likeness (QED) is 0.652. The largest absolute Gasteiger partial charge is 0.360 e. The highest BCUT2D eigenvalue weighted by Gasteiger charge is 2.59. The molecule has 1 aromatic rings. The molecule has 0 spiro atoms. The van der Waals surface area contributed by atoms with Crippen LogP contribution in [0.1, 0.15) is 12.0 Å². The van der Waals surface area contributed by atoms with Gasteiger partial charge in [-0.1, -0.05) is 12.1 Å². The maximum absolute atomic E-state index is 12.8. The van der Waals surface area contributed by atoms with Crippen molar-refractivity contribution >= 4 is 0 Å². The lowest BCUT2D eigenvalue weighted by atomic mass is 9.89. The molecule has 15 heavy (non-hydrogen) atoms. The predicted octanol–water partition coefficient (Wildman–Crippen LogP) is 1.76. The molecular formula is C12H14FNO. The first-order valence-electron chi connectivity index (χ1n) is 5.33. The topological polar surface area (TPSA) is 15.8 Å². The predicted molar refractivity (Wildman–Crippen MR) is 55.1 cm³/mol. The minimum absolute atomic E-state index is 0.0970. The van der Waals surface area contributed by atoms with Crippen molar-refractivity contribution < 1.29 is 9.13 Å². The van der Waals surface area contributed by atoms with E-state index in [1.165, 1.54) is 12.1 Å². The van der Waals surface area contributed by atoms with Crippen molar-refractivity contribution in [2.45, 2.75) is 18.1 Å². The molecule has 2 saturated heterocycles. The summed E-state index contributed by atoms with van der Waals surface area (Å²) in [7, 11) is 2.11. The number of fused-ring (bicyclic) bond motifs is 1. The lowest BCUT2D eigenvalue weighted by molar-refractivity contribution is 0.263. The first-order chi connectivity index (χ1) is 7.21. The van der Waals surface area contributed by atoms with Crippen molar-refractivity contribution in [3.63, 3.8) is 0 Å². The molecule has 2 aliphatic rings. The number of likely N-dealkylation sites (tertiary alicyclic amines) is 1. The van der Waals surface area contributed by atoms with Crippen LogP contribution in [0.2, 0.25) is 0 Å². The Morgan fingerprint density at radius 3 is 2.80 bits per heavy atom. The van der Waals surface area contributed by atoms with Crippen LogP contribution in [0, 0.1) is 5.82 Å². The summed E-state index contributed by atoms with van der Waals surface area (Å²) in [6, 6.07) is 6.73. The monoisotopic (exact) mass is 207 g/mol. The van der Waals surface area contributed by atoms with Gasteiger partial charge in [-0.15, -0.1) is 0 Å². The van der Waals surface area contributed by atoms with E-state index in [-0.39, 0.29) is 11.4 Å². The van der Waals surface area contributed by atoms with E-state index in [9.17, 15) is 4.39 Å². The average Bonchev–Trinajstić information content (AvgIpc) is 2.93. The Labute approximate surface area is 88.6 Å². The summed E-state index contributed by atoms with van der Waals surface area (Å²) < 4.78 is 18.6. The zero-order chi connectivity index (χ0) is 10.5. The van der Waals surface area contributed by atoms with Gasteiger partial charge in [-0.05, 0) is 31.2 Å². The molecule has 2 atom stereocenters. The van der Waals surface area contributed by atoms with Gasteiger partial charge >= 0.3 is 0 Å². The van der Waals surface area contributed by atoms with Crippen LogP contribution in [0.15, 0.2) is 24.3 Å². The molecule has 1 aromatic carbocycles. The van der Waals surface area contributed by atoms with Gasteiger partial charge in [0.05, 0.1) is 0 Å². The highest BCUT2D eigenvalue weighted by molar-refractivity contribution is 5.31. The summed E-state index contributed by atoms with van der Waals surface area (Å²) in [6.07, 6.45) is 1.32. The van der Waals surface area contributed by atoms with Gasteiger partial charge in [0.15, 0.2) is 0 Å². The second-order valence-electron chi connectivity index (χ2n) is 4.52. The first kappa shape index (κ1) is 9.31. The minimum Gasteiger partial charge on any atom is -0.360 e. The van der Waals surface area contributed by atoms with E-state index in [4.69, 9.17) is 4.74 Å². The summed E-state index contributed by atoms with van der Waals surface area (Å²) in [5.74, 6) is -0.180. The van der Waals surface area contributed by atoms with Gasteiger partial charge in [-0.2, -0.15) is 0 Å². The van der Waals surface area contributed by atoms with Crippen molar-refractivity contribution in [1.29, 1.82) is 0 Å². The van der Waals surface area contributed by atoms with Crippen molar-refractivity contribution in [1.82, 2.24) is 4.90 Å². The Balaban J connectivity index is 1.87. The number of hydrogen-bond donors (Lipinski definition) is 0. The van der Waals surface area contributed by atoms with E-state index in [0.29, 0.717) is 6.10 Å². The number of epoxide rings is 1. The Hall–Kier alpha value is -0.930. The lowest BCUT2D eigenvalue weighted by Crippen LogP contribution is -2.35. The highest BCUT2D eigenvalue weighted by atomic mass is 19.1. The summed E-state index contributed by atoms with van der Waals surface area (Å²) >= 11 is 0. The number of benzene rings is 1. The molecule has 0 aromatic heterocycles. The molecule has 0 N–H and O–H groups in total. The molecule has 0 aliphatic carbocycles. The fourth-order valence-electron chi connectivity index (χ4n) is 2.49. The number of piperidine rings is 1. The van der Waals surface area contributed by atoms with Crippen LogP contribution in [0.3, 0.4) is 0 Å². The van der Waals surface area contributed by atoms with Crippen LogP contribution in [0.4, 0.5) is 4.39 Å². The third-order valence-electron chi connectivity index (χ3n) is 3.49. The zero-order valence-corrected chi connectivity index (χ0v) is 8.74. The first-order valence-corrected chi connectivity index (χ1v) is 5.33. The second-order valence-corrected chi connectivity index (χ2v) is 4.52. The number of ether oxygens (including phenoxy) is 1. The third-order valence-corrected chi connectivity index (χ3v) is 3.49. The zero-order valence-electron chi connectivity index (χ0n) is 8.74. The van der Waals surface area contributed by atoms with Gasteiger partial charge in [0.1, 0.15) is 17.5 Å². The van der Waals surface area contributed by atoms with Crippen LogP contribution < -0.4 is 0 Å². The van der Waals surface area contributed by atoms with E-state index < -0.39 is 0 Å². The molecule has 80 valence electrons. The van der Waals surface area contributed by atoms with E-state index >= 15 is 0 Å². The average molecular weight is 207 g/mol. The fourth-order valence-corrected chi connectivity index (χ4v) is 2.49. The summed E-state index contributed by atoms with van der Waals surface area (Å²) in [4.78, 5) is 2.28. The Kier molecular flexibility index (Phi) is 1.88. The van der Waals surface area contributed by atoms with Crippen LogP contribution >= 0.6 is 0 Å². The van der Waals surface area contributed by atoms with E-state index in [2.05, 4.69) is 11.9 Å². The van der Waals surface area contributed by atoms with Gasteiger partial charge in [0.2, 0.25) is 0 Å². The van der Waals surface area contributed by atoms with E-state index in [0.717, 1.165) is 25.1 Å². The Morgan fingerprint density at radius 1 is 1.40 bits per heavy atom. The third kappa shape index (κ3) is 1.38. The summed E-state index contributed by atoms with van der Waals surface area (Å²) in [6.45, 7) is 2.03. The van der Waals surface area contributed by atoms with Crippen LogP contribution in [-0.4, -0.2) is 31.1 Å². The molecular weight excluding hydrogens is 193 g/mol. The molecule has 2 aliphatic heterocycles. The van der Waals surface area contributed by atoms with Crippen molar-refractivity contribution in [3.05, 3.63) is 35.6 Å². The maximum Gasteiger partial charge on any atom is 0.123 e. The molecule has 0 bridgehead atoms. The summed E-state index contributed by atoms with van der Waals surface area (Å²) in [5, 5.41) is 0. The van der Waals surface area contributed by atoms with Gasteiger partial charge in [0.25, 0.3) is 0 Å². The van der Waals surface area contributed by atoms with Crippen molar-refractivity contribution in [3.8, 4) is 0 Å². The van der Waals surface area contributed by atoms with Gasteiger partial charge < -0.3 is 9.64 Å². The molecule has 0 saturated carbocycles. The molecule has 2 unspecified atom stereocenters. The van der Waals surface area contributed by atoms with Gasteiger partial charge in [-0.3, -0.25) is 0 Å². The number of halogens is 1. The fraction of sp³-hybridized carbons (Fsp3) is 0.500. The lowest BCUT2D eigenvalue weighted by Gasteiger charge is -2.24. The molecule has 0 amide bonds. The maximum atomic E-state index is 12.8.